The van der Waals surface area contributed by atoms with Crippen LogP contribution >= 0.6 is 15.9 Å². The quantitative estimate of drug-likeness (QED) is 0.730. The summed E-state index contributed by atoms with van der Waals surface area (Å²) in [7, 11) is 0. The van der Waals surface area contributed by atoms with Crippen LogP contribution in [0.3, 0.4) is 0 Å². The molecule has 0 saturated carbocycles. The van der Waals surface area contributed by atoms with Crippen molar-refractivity contribution >= 4 is 32.7 Å². The van der Waals surface area contributed by atoms with Gasteiger partial charge in [-0.3, -0.25) is 4.79 Å². The van der Waals surface area contributed by atoms with E-state index in [9.17, 15) is 9.18 Å². The van der Waals surface area contributed by atoms with Crippen LogP contribution in [0.2, 0.25) is 0 Å². The Bertz CT molecular complexity index is 873. The third kappa shape index (κ3) is 3.45. The summed E-state index contributed by atoms with van der Waals surface area (Å²) in [6.45, 7) is 2.51. The first-order valence-corrected chi connectivity index (χ1v) is 8.09. The Balaban J connectivity index is 1.72. The largest absolute Gasteiger partial charge is 0.350 e. The lowest BCUT2D eigenvalue weighted by molar-refractivity contribution is -0.121. The minimum atomic E-state index is -0.315. The number of carbonyl (C=O) groups excluding carboxylic acids is 1. The minimum absolute atomic E-state index is 0.106. The second kappa shape index (κ2) is 6.54. The van der Waals surface area contributed by atoms with Crippen molar-refractivity contribution in [2.24, 2.45) is 0 Å². The number of halogens is 2. The van der Waals surface area contributed by atoms with E-state index in [1.54, 1.807) is 6.07 Å². The summed E-state index contributed by atoms with van der Waals surface area (Å²) in [5.74, 6) is -0.421. The number of hydrogen-bond acceptors (Lipinski definition) is 1. The minimum Gasteiger partial charge on any atom is -0.350 e. The summed E-state index contributed by atoms with van der Waals surface area (Å²) in [6, 6.07) is 14.5. The van der Waals surface area contributed by atoms with E-state index in [2.05, 4.69) is 27.3 Å². The molecule has 1 amide bonds. The van der Waals surface area contributed by atoms with Crippen LogP contribution in [-0.4, -0.2) is 10.5 Å². The van der Waals surface area contributed by atoms with Crippen LogP contribution < -0.4 is 5.32 Å². The van der Waals surface area contributed by atoms with E-state index in [1.165, 1.54) is 12.1 Å². The predicted octanol–water partition coefficient (Wildman–Crippen LogP) is 4.17. The molecule has 2 aromatic carbocycles. The highest BCUT2D eigenvalue weighted by Crippen LogP contribution is 2.19. The van der Waals surface area contributed by atoms with E-state index in [0.29, 0.717) is 5.56 Å². The molecule has 0 atom stereocenters. The number of nitrogens with one attached hydrogen (secondary N) is 1. The van der Waals surface area contributed by atoms with Gasteiger partial charge in [-0.2, -0.15) is 0 Å². The van der Waals surface area contributed by atoms with Gasteiger partial charge < -0.3 is 9.88 Å². The molecule has 1 heterocycles. The monoisotopic (exact) mass is 374 g/mol. The van der Waals surface area contributed by atoms with Gasteiger partial charge in [0, 0.05) is 22.2 Å². The molecule has 0 unspecified atom stereocenters. The molecule has 0 fully saturated rings. The first-order valence-electron chi connectivity index (χ1n) is 7.30. The Morgan fingerprint density at radius 1 is 1.22 bits per heavy atom. The number of amides is 1. The normalized spacial score (nSPS) is 10.9. The maximum atomic E-state index is 13.3. The second-order valence-electron chi connectivity index (χ2n) is 5.44. The van der Waals surface area contributed by atoms with Crippen LogP contribution in [0.4, 0.5) is 4.39 Å². The molecule has 1 aromatic heterocycles. The van der Waals surface area contributed by atoms with Gasteiger partial charge in [0.2, 0.25) is 5.91 Å². The molecular formula is C18H16BrFN2O. The maximum Gasteiger partial charge on any atom is 0.240 e. The van der Waals surface area contributed by atoms with E-state index in [1.807, 2.05) is 35.8 Å². The number of fused-ring (bicyclic) bond motifs is 1. The molecule has 3 aromatic rings. The lowest BCUT2D eigenvalue weighted by Gasteiger charge is -2.10. The lowest BCUT2D eigenvalue weighted by Crippen LogP contribution is -2.27. The fourth-order valence-electron chi connectivity index (χ4n) is 2.63. The summed E-state index contributed by atoms with van der Waals surface area (Å²) < 4.78 is 16.0. The van der Waals surface area contributed by atoms with Crippen molar-refractivity contribution in [1.82, 2.24) is 9.88 Å². The molecule has 0 spiro atoms. The summed E-state index contributed by atoms with van der Waals surface area (Å²) >= 11 is 3.36. The summed E-state index contributed by atoms with van der Waals surface area (Å²) in [6.07, 6.45) is 0. The molecule has 0 saturated heterocycles. The highest BCUT2D eigenvalue weighted by Gasteiger charge is 2.10. The number of hydrogen-bond donors (Lipinski definition) is 1. The van der Waals surface area contributed by atoms with Gasteiger partial charge in [0.15, 0.2) is 0 Å². The highest BCUT2D eigenvalue weighted by molar-refractivity contribution is 9.10. The molecule has 0 bridgehead atoms. The Hall–Kier alpha value is -2.14. The van der Waals surface area contributed by atoms with Gasteiger partial charge in [-0.1, -0.05) is 34.1 Å². The Morgan fingerprint density at radius 2 is 2.00 bits per heavy atom. The number of nitrogens with zero attached hydrogens (tertiary/aromatic N) is 1. The SMILES string of the molecule is Cc1cc2ccccc2n1CC(=O)NCc1cc(F)ccc1Br. The number of aromatic nitrogens is 1. The third-order valence-electron chi connectivity index (χ3n) is 3.80. The van der Waals surface area contributed by atoms with Crippen LogP contribution in [0, 0.1) is 12.7 Å². The van der Waals surface area contributed by atoms with E-state index < -0.39 is 0 Å². The highest BCUT2D eigenvalue weighted by atomic mass is 79.9. The third-order valence-corrected chi connectivity index (χ3v) is 4.58. The van der Waals surface area contributed by atoms with Crippen molar-refractivity contribution in [2.45, 2.75) is 20.0 Å². The van der Waals surface area contributed by atoms with E-state index >= 15 is 0 Å². The summed E-state index contributed by atoms with van der Waals surface area (Å²) in [5, 5.41) is 3.96. The second-order valence-corrected chi connectivity index (χ2v) is 6.30. The van der Waals surface area contributed by atoms with E-state index in [0.717, 1.165) is 21.1 Å². The molecule has 118 valence electrons. The smallest absolute Gasteiger partial charge is 0.240 e. The van der Waals surface area contributed by atoms with Crippen LogP contribution in [0.25, 0.3) is 10.9 Å². The van der Waals surface area contributed by atoms with Gasteiger partial charge in [-0.05, 0) is 48.2 Å². The molecule has 3 rings (SSSR count). The number of aryl methyl sites for hydroxylation is 1. The van der Waals surface area contributed by atoms with Gasteiger partial charge in [0.05, 0.1) is 0 Å². The molecule has 0 radical (unpaired) electrons. The van der Waals surface area contributed by atoms with Gasteiger partial charge in [-0.15, -0.1) is 0 Å². The zero-order chi connectivity index (χ0) is 16.4. The maximum absolute atomic E-state index is 13.3. The van der Waals surface area contributed by atoms with Crippen molar-refractivity contribution in [3.63, 3.8) is 0 Å². The fraction of sp³-hybridized carbons (Fsp3) is 0.167. The van der Waals surface area contributed by atoms with Crippen LogP contribution in [0.1, 0.15) is 11.3 Å². The summed E-state index contributed by atoms with van der Waals surface area (Å²) in [5.41, 5.74) is 2.79. The van der Waals surface area contributed by atoms with Gasteiger partial charge >= 0.3 is 0 Å². The molecule has 3 nitrogen and oxygen atoms in total. The lowest BCUT2D eigenvalue weighted by atomic mass is 10.2. The number of rotatable bonds is 4. The van der Waals surface area contributed by atoms with E-state index in [-0.39, 0.29) is 24.8 Å². The van der Waals surface area contributed by atoms with Crippen molar-refractivity contribution in [3.05, 3.63) is 70.1 Å². The Kier molecular flexibility index (Phi) is 4.48. The van der Waals surface area contributed by atoms with Gasteiger partial charge in [0.25, 0.3) is 0 Å². The van der Waals surface area contributed by atoms with Crippen molar-refractivity contribution < 1.29 is 9.18 Å². The van der Waals surface area contributed by atoms with Crippen molar-refractivity contribution in [2.75, 3.05) is 0 Å². The number of para-hydroxylation sites is 1. The number of benzene rings is 2. The average molecular weight is 375 g/mol. The molecule has 23 heavy (non-hydrogen) atoms. The molecule has 0 aliphatic heterocycles. The molecular weight excluding hydrogens is 359 g/mol. The zero-order valence-electron chi connectivity index (χ0n) is 12.6. The molecule has 5 heteroatoms. The van der Waals surface area contributed by atoms with Crippen LogP contribution in [0.15, 0.2) is 53.0 Å². The average Bonchev–Trinajstić information content (AvgIpc) is 2.84. The van der Waals surface area contributed by atoms with Gasteiger partial charge in [0.1, 0.15) is 12.4 Å². The molecule has 1 N–H and O–H groups in total. The van der Waals surface area contributed by atoms with Crippen molar-refractivity contribution in [1.29, 1.82) is 0 Å². The van der Waals surface area contributed by atoms with Crippen LogP contribution in [0.5, 0.6) is 0 Å². The Morgan fingerprint density at radius 3 is 2.83 bits per heavy atom. The van der Waals surface area contributed by atoms with Crippen molar-refractivity contribution in [3.8, 4) is 0 Å². The first kappa shape index (κ1) is 15.7. The molecule has 0 aliphatic rings. The van der Waals surface area contributed by atoms with Crippen LogP contribution in [-0.2, 0) is 17.9 Å². The topological polar surface area (TPSA) is 34.0 Å². The Labute approximate surface area is 142 Å². The number of carbonyl (C=O) groups is 1. The zero-order valence-corrected chi connectivity index (χ0v) is 14.2. The first-order chi connectivity index (χ1) is 11.0. The fourth-order valence-corrected chi connectivity index (χ4v) is 3.02. The van der Waals surface area contributed by atoms with Gasteiger partial charge in [-0.25, -0.2) is 4.39 Å². The predicted molar refractivity (Wildman–Crippen MR) is 92.6 cm³/mol. The molecule has 0 aliphatic carbocycles. The van der Waals surface area contributed by atoms with E-state index in [4.69, 9.17) is 0 Å². The standard InChI is InChI=1S/C18H16BrFN2O/c1-12-8-13-4-2-3-5-17(13)22(12)11-18(23)21-10-14-9-15(20)6-7-16(14)19/h2-9H,10-11H2,1H3,(H,21,23). The summed E-state index contributed by atoms with van der Waals surface area (Å²) in [4.78, 5) is 12.2.